The van der Waals surface area contributed by atoms with Crippen molar-refractivity contribution in [1.29, 1.82) is 5.26 Å². The summed E-state index contributed by atoms with van der Waals surface area (Å²) in [5, 5.41) is 8.48. The number of hydrogen-bond donors (Lipinski definition) is 0. The molecule has 0 aromatic heterocycles. The van der Waals surface area contributed by atoms with Gasteiger partial charge in [0.05, 0.1) is 25.7 Å². The lowest BCUT2D eigenvalue weighted by Crippen LogP contribution is -2.22. The van der Waals surface area contributed by atoms with Crippen LogP contribution < -0.4 is 0 Å². The molecule has 0 fully saturated rings. The Labute approximate surface area is 100 Å². The van der Waals surface area contributed by atoms with Gasteiger partial charge in [-0.25, -0.2) is 4.67 Å². The highest BCUT2D eigenvalue weighted by Gasteiger charge is 2.19. The topological polar surface area (TPSA) is 45.5 Å². The standard InChI is InChI=1S/C11H23N2O2P/c1-4-9-13(10-5-2)16(14-6-3)15-11-7-8-12/h4-7,9-11H2,1-3H3. The van der Waals surface area contributed by atoms with Crippen molar-refractivity contribution in [2.24, 2.45) is 0 Å². The smallest absolute Gasteiger partial charge is 0.258 e. The fourth-order valence-electron chi connectivity index (χ4n) is 1.27. The minimum Gasteiger partial charge on any atom is -0.322 e. The lowest BCUT2D eigenvalue weighted by molar-refractivity contribution is 0.213. The molecule has 0 aliphatic carbocycles. The Bertz CT molecular complexity index is 191. The number of nitriles is 1. The fourth-order valence-corrected chi connectivity index (χ4v) is 2.87. The summed E-state index contributed by atoms with van der Waals surface area (Å²) in [6.45, 7) is 9.38. The summed E-state index contributed by atoms with van der Waals surface area (Å²) in [5.41, 5.74) is 0. The predicted molar refractivity (Wildman–Crippen MR) is 66.9 cm³/mol. The van der Waals surface area contributed by atoms with E-state index in [-0.39, 0.29) is 0 Å². The van der Waals surface area contributed by atoms with E-state index in [9.17, 15) is 0 Å². The second-order valence-corrected chi connectivity index (χ2v) is 4.91. The Morgan fingerprint density at radius 1 is 1.12 bits per heavy atom. The monoisotopic (exact) mass is 246 g/mol. The summed E-state index contributed by atoms with van der Waals surface area (Å²) >= 11 is 0. The zero-order valence-electron chi connectivity index (χ0n) is 10.6. The summed E-state index contributed by atoms with van der Waals surface area (Å²) in [7, 11) is -0.965. The van der Waals surface area contributed by atoms with E-state index in [4.69, 9.17) is 14.3 Å². The lowest BCUT2D eigenvalue weighted by atomic mass is 10.4. The highest BCUT2D eigenvalue weighted by Crippen LogP contribution is 2.42. The van der Waals surface area contributed by atoms with Crippen LogP contribution in [0.5, 0.6) is 0 Å². The van der Waals surface area contributed by atoms with Crippen LogP contribution in [0.15, 0.2) is 0 Å². The highest BCUT2D eigenvalue weighted by molar-refractivity contribution is 7.44. The van der Waals surface area contributed by atoms with Crippen LogP contribution in [0, 0.1) is 11.3 Å². The quantitative estimate of drug-likeness (QED) is 0.438. The molecular formula is C11H23N2O2P. The van der Waals surface area contributed by atoms with Crippen LogP contribution in [-0.2, 0) is 9.05 Å². The van der Waals surface area contributed by atoms with Gasteiger partial charge < -0.3 is 9.05 Å². The van der Waals surface area contributed by atoms with Crippen molar-refractivity contribution in [2.45, 2.75) is 40.0 Å². The van der Waals surface area contributed by atoms with E-state index in [1.54, 1.807) is 0 Å². The van der Waals surface area contributed by atoms with Crippen molar-refractivity contribution in [2.75, 3.05) is 26.3 Å². The maximum Gasteiger partial charge on any atom is 0.258 e. The molecule has 0 saturated carbocycles. The first-order valence-electron chi connectivity index (χ1n) is 5.97. The fraction of sp³-hybridized carbons (Fsp3) is 0.909. The van der Waals surface area contributed by atoms with Gasteiger partial charge in [-0.3, -0.25) is 0 Å². The Morgan fingerprint density at radius 3 is 2.19 bits per heavy atom. The van der Waals surface area contributed by atoms with E-state index in [0.29, 0.717) is 19.6 Å². The molecule has 0 radical (unpaired) electrons. The van der Waals surface area contributed by atoms with Crippen molar-refractivity contribution in [1.82, 2.24) is 4.67 Å². The van der Waals surface area contributed by atoms with Gasteiger partial charge in [0.15, 0.2) is 0 Å². The third-order valence-electron chi connectivity index (χ3n) is 1.85. The lowest BCUT2D eigenvalue weighted by Gasteiger charge is -2.28. The van der Waals surface area contributed by atoms with Gasteiger partial charge in [-0.2, -0.15) is 5.26 Å². The summed E-state index contributed by atoms with van der Waals surface area (Å²) < 4.78 is 13.5. The van der Waals surface area contributed by atoms with E-state index in [2.05, 4.69) is 24.6 Å². The van der Waals surface area contributed by atoms with Gasteiger partial charge in [-0.15, -0.1) is 0 Å². The molecule has 94 valence electrons. The van der Waals surface area contributed by atoms with E-state index in [0.717, 1.165) is 25.9 Å². The largest absolute Gasteiger partial charge is 0.322 e. The van der Waals surface area contributed by atoms with Crippen molar-refractivity contribution >= 4 is 8.53 Å². The maximum atomic E-state index is 8.48. The normalized spacial score (nSPS) is 12.7. The third-order valence-corrected chi connectivity index (χ3v) is 3.59. The zero-order valence-corrected chi connectivity index (χ0v) is 11.5. The first-order chi connectivity index (χ1) is 7.79. The van der Waals surface area contributed by atoms with Gasteiger partial charge in [0.1, 0.15) is 0 Å². The zero-order chi connectivity index (χ0) is 12.2. The molecule has 1 unspecified atom stereocenters. The first kappa shape index (κ1) is 15.8. The molecule has 5 heteroatoms. The minimum atomic E-state index is -0.965. The van der Waals surface area contributed by atoms with Crippen molar-refractivity contribution in [3.63, 3.8) is 0 Å². The third kappa shape index (κ3) is 7.14. The Hall–Kier alpha value is -0.200. The minimum absolute atomic E-state index is 0.429. The Kier molecular flexibility index (Phi) is 11.1. The van der Waals surface area contributed by atoms with E-state index in [1.165, 1.54) is 0 Å². The molecule has 0 heterocycles. The molecule has 0 rings (SSSR count). The summed E-state index contributed by atoms with van der Waals surface area (Å²) in [5.74, 6) is 0. The van der Waals surface area contributed by atoms with Crippen LogP contribution in [0.1, 0.15) is 40.0 Å². The average Bonchev–Trinajstić information content (AvgIpc) is 2.28. The molecule has 0 aromatic rings. The molecule has 0 amide bonds. The second-order valence-electron chi connectivity index (χ2n) is 3.35. The molecule has 4 nitrogen and oxygen atoms in total. The van der Waals surface area contributed by atoms with Gasteiger partial charge in [0.25, 0.3) is 8.53 Å². The van der Waals surface area contributed by atoms with E-state index in [1.807, 2.05) is 6.92 Å². The van der Waals surface area contributed by atoms with Gasteiger partial charge in [0, 0.05) is 13.1 Å². The SMILES string of the molecule is CCCN(CCC)P(OCC)OCCC#N. The van der Waals surface area contributed by atoms with Gasteiger partial charge in [0.2, 0.25) is 0 Å². The first-order valence-corrected chi connectivity index (χ1v) is 7.10. The van der Waals surface area contributed by atoms with Gasteiger partial charge in [-0.05, 0) is 19.8 Å². The molecule has 0 aromatic carbocycles. The molecule has 0 aliphatic heterocycles. The predicted octanol–water partition coefficient (Wildman–Crippen LogP) is 3.30. The van der Waals surface area contributed by atoms with Crippen molar-refractivity contribution in [3.05, 3.63) is 0 Å². The van der Waals surface area contributed by atoms with Crippen LogP contribution in [0.3, 0.4) is 0 Å². The van der Waals surface area contributed by atoms with Crippen LogP contribution in [-0.4, -0.2) is 31.0 Å². The number of rotatable bonds is 10. The van der Waals surface area contributed by atoms with Crippen LogP contribution in [0.4, 0.5) is 0 Å². The number of nitrogens with zero attached hydrogens (tertiary/aromatic N) is 2. The van der Waals surface area contributed by atoms with Crippen molar-refractivity contribution in [3.8, 4) is 6.07 Å². The molecule has 0 saturated heterocycles. The molecule has 1 atom stereocenters. The summed E-state index contributed by atoms with van der Waals surface area (Å²) in [6, 6.07) is 2.08. The summed E-state index contributed by atoms with van der Waals surface area (Å²) in [6.07, 6.45) is 2.61. The van der Waals surface area contributed by atoms with E-state index >= 15 is 0 Å². The Balaban J connectivity index is 4.14. The average molecular weight is 246 g/mol. The van der Waals surface area contributed by atoms with Gasteiger partial charge in [-0.1, -0.05) is 13.8 Å². The molecule has 0 aliphatic rings. The van der Waals surface area contributed by atoms with Crippen LogP contribution in [0.25, 0.3) is 0 Å². The molecule has 0 spiro atoms. The maximum absolute atomic E-state index is 8.48. The summed E-state index contributed by atoms with van der Waals surface area (Å²) in [4.78, 5) is 0. The molecule has 0 bridgehead atoms. The van der Waals surface area contributed by atoms with Crippen LogP contribution >= 0.6 is 8.53 Å². The van der Waals surface area contributed by atoms with Crippen LogP contribution in [0.2, 0.25) is 0 Å². The highest BCUT2D eigenvalue weighted by atomic mass is 31.2. The van der Waals surface area contributed by atoms with Crippen molar-refractivity contribution < 1.29 is 9.05 Å². The number of hydrogen-bond acceptors (Lipinski definition) is 4. The Morgan fingerprint density at radius 2 is 1.75 bits per heavy atom. The molecule has 0 N–H and O–H groups in total. The molecule has 16 heavy (non-hydrogen) atoms. The van der Waals surface area contributed by atoms with E-state index < -0.39 is 8.53 Å². The van der Waals surface area contributed by atoms with Gasteiger partial charge >= 0.3 is 0 Å². The molecular weight excluding hydrogens is 223 g/mol. The second kappa shape index (κ2) is 11.3.